The van der Waals surface area contributed by atoms with Gasteiger partial charge in [0.05, 0.1) is 26.8 Å². The van der Waals surface area contributed by atoms with E-state index >= 15 is 0 Å². The van der Waals surface area contributed by atoms with Gasteiger partial charge >= 0.3 is 5.97 Å². The molecule has 0 radical (unpaired) electrons. The summed E-state index contributed by atoms with van der Waals surface area (Å²) in [6.45, 7) is 3.88. The second kappa shape index (κ2) is 8.12. The summed E-state index contributed by atoms with van der Waals surface area (Å²) in [6.07, 6.45) is 0. The number of carbonyl (C=O) groups is 1. The van der Waals surface area contributed by atoms with Crippen LogP contribution in [0.1, 0.15) is 26.6 Å². The van der Waals surface area contributed by atoms with Gasteiger partial charge < -0.3 is 4.74 Å². The lowest BCUT2D eigenvalue weighted by molar-refractivity contribution is 0.0468. The molecular formula is C20H20N2O4S2. The van der Waals surface area contributed by atoms with Crippen LogP contribution in [-0.4, -0.2) is 26.4 Å². The van der Waals surface area contributed by atoms with Crippen molar-refractivity contribution in [2.75, 3.05) is 11.4 Å². The van der Waals surface area contributed by atoms with E-state index in [1.165, 1.54) is 22.7 Å². The number of benzene rings is 2. The highest BCUT2D eigenvalue weighted by atomic mass is 32.2. The summed E-state index contributed by atoms with van der Waals surface area (Å²) in [4.78, 5) is 16.6. The minimum absolute atomic E-state index is 0.104. The number of anilines is 1. The maximum Gasteiger partial charge on any atom is 0.338 e. The third-order valence-corrected chi connectivity index (χ3v) is 6.79. The van der Waals surface area contributed by atoms with Crippen LogP contribution in [0.25, 0.3) is 0 Å². The highest BCUT2D eigenvalue weighted by Crippen LogP contribution is 2.23. The summed E-state index contributed by atoms with van der Waals surface area (Å²) in [7, 11) is -2.20. The van der Waals surface area contributed by atoms with Gasteiger partial charge in [-0.2, -0.15) is 0 Å². The van der Waals surface area contributed by atoms with Crippen LogP contribution in [0.4, 0.5) is 5.69 Å². The van der Waals surface area contributed by atoms with Gasteiger partial charge in [-0.25, -0.2) is 18.2 Å². The molecule has 1 heterocycles. The van der Waals surface area contributed by atoms with Crippen molar-refractivity contribution in [1.82, 2.24) is 4.98 Å². The van der Waals surface area contributed by atoms with E-state index in [-0.39, 0.29) is 11.5 Å². The lowest BCUT2D eigenvalue weighted by Gasteiger charge is -2.19. The molecule has 2 aromatic carbocycles. The zero-order valence-corrected chi connectivity index (χ0v) is 17.4. The molecule has 0 aliphatic rings. The van der Waals surface area contributed by atoms with E-state index in [9.17, 15) is 13.2 Å². The summed E-state index contributed by atoms with van der Waals surface area (Å²) >= 11 is 1.49. The van der Waals surface area contributed by atoms with Crippen LogP contribution in [0.15, 0.2) is 58.8 Å². The molecule has 0 fully saturated rings. The van der Waals surface area contributed by atoms with E-state index in [0.29, 0.717) is 16.9 Å². The highest BCUT2D eigenvalue weighted by Gasteiger charge is 2.21. The number of hydrogen-bond acceptors (Lipinski definition) is 6. The first kappa shape index (κ1) is 20.0. The van der Waals surface area contributed by atoms with Crippen molar-refractivity contribution in [1.29, 1.82) is 0 Å². The highest BCUT2D eigenvalue weighted by molar-refractivity contribution is 7.92. The van der Waals surface area contributed by atoms with Crippen LogP contribution in [0.3, 0.4) is 0 Å². The summed E-state index contributed by atoms with van der Waals surface area (Å²) in [6, 6.07) is 12.9. The number of esters is 1. The zero-order valence-electron chi connectivity index (χ0n) is 15.7. The molecule has 0 saturated heterocycles. The Bertz CT molecular complexity index is 1070. The van der Waals surface area contributed by atoms with E-state index in [1.54, 1.807) is 48.5 Å². The first-order chi connectivity index (χ1) is 13.3. The summed E-state index contributed by atoms with van der Waals surface area (Å²) in [5, 5.41) is 2.75. The van der Waals surface area contributed by atoms with Crippen LogP contribution in [0.5, 0.6) is 0 Å². The molecule has 0 spiro atoms. The van der Waals surface area contributed by atoms with Gasteiger partial charge in [0.25, 0.3) is 10.0 Å². The number of nitrogens with zero attached hydrogens (tertiary/aromatic N) is 2. The number of aromatic nitrogens is 1. The van der Waals surface area contributed by atoms with Crippen molar-refractivity contribution in [3.05, 3.63) is 75.7 Å². The predicted octanol–water partition coefficient (Wildman–Crippen LogP) is 3.94. The van der Waals surface area contributed by atoms with Crippen molar-refractivity contribution in [2.45, 2.75) is 25.3 Å². The molecule has 0 unspecified atom stereocenters. The van der Waals surface area contributed by atoms with Gasteiger partial charge in [0, 0.05) is 12.4 Å². The van der Waals surface area contributed by atoms with Crippen LogP contribution >= 0.6 is 11.3 Å². The number of carbonyl (C=O) groups excluding carboxylic acids is 1. The molecule has 28 heavy (non-hydrogen) atoms. The van der Waals surface area contributed by atoms with Crippen LogP contribution in [0, 0.1) is 13.8 Å². The molecule has 3 aromatic rings. The minimum Gasteiger partial charge on any atom is -0.456 e. The number of sulfonamides is 1. The molecular weight excluding hydrogens is 396 g/mol. The molecule has 0 amide bonds. The smallest absolute Gasteiger partial charge is 0.338 e. The molecule has 0 atom stereocenters. The first-order valence-corrected chi connectivity index (χ1v) is 10.8. The number of aryl methyl sites for hydroxylation is 2. The van der Waals surface area contributed by atoms with E-state index in [4.69, 9.17) is 4.74 Å². The quantitative estimate of drug-likeness (QED) is 0.569. The van der Waals surface area contributed by atoms with Gasteiger partial charge in [-0.05, 0) is 50.2 Å². The van der Waals surface area contributed by atoms with E-state index in [0.717, 1.165) is 10.6 Å². The van der Waals surface area contributed by atoms with Gasteiger partial charge in [-0.15, -0.1) is 11.3 Å². The minimum atomic E-state index is -3.68. The summed E-state index contributed by atoms with van der Waals surface area (Å²) in [5.41, 5.74) is 2.48. The lowest BCUT2D eigenvalue weighted by Crippen LogP contribution is -2.26. The molecule has 0 bridgehead atoms. The van der Waals surface area contributed by atoms with Crippen LogP contribution in [0.2, 0.25) is 0 Å². The fourth-order valence-electron chi connectivity index (χ4n) is 2.51. The molecule has 0 aliphatic carbocycles. The maximum absolute atomic E-state index is 12.8. The Kier molecular flexibility index (Phi) is 5.81. The van der Waals surface area contributed by atoms with Gasteiger partial charge in [-0.1, -0.05) is 17.7 Å². The lowest BCUT2D eigenvalue weighted by atomic mass is 10.2. The summed E-state index contributed by atoms with van der Waals surface area (Å²) in [5.74, 6) is -0.485. The van der Waals surface area contributed by atoms with Crippen molar-refractivity contribution < 1.29 is 17.9 Å². The van der Waals surface area contributed by atoms with Gasteiger partial charge in [0.1, 0.15) is 6.61 Å². The van der Waals surface area contributed by atoms with E-state index in [1.807, 2.05) is 19.2 Å². The standard InChI is InChI=1S/C20H20N2O4S2/c1-14-4-10-19(11-5-14)28(24,25)22(3)18-8-6-16(7-9-18)20(23)26-12-17-13-27-15(2)21-17/h4-11,13H,12H2,1-3H3. The molecule has 0 N–H and O–H groups in total. The van der Waals surface area contributed by atoms with Crippen molar-refractivity contribution in [2.24, 2.45) is 0 Å². The Balaban J connectivity index is 1.70. The fourth-order valence-corrected chi connectivity index (χ4v) is 4.30. The fraction of sp³-hybridized carbons (Fsp3) is 0.200. The predicted molar refractivity (Wildman–Crippen MR) is 109 cm³/mol. The SMILES string of the molecule is Cc1ccc(S(=O)(=O)N(C)c2ccc(C(=O)OCc3csc(C)n3)cc2)cc1. The van der Waals surface area contributed by atoms with Gasteiger partial charge in [0.15, 0.2) is 0 Å². The number of hydrogen-bond donors (Lipinski definition) is 0. The zero-order chi connectivity index (χ0) is 20.3. The number of ether oxygens (including phenoxy) is 1. The second-order valence-corrected chi connectivity index (χ2v) is 9.30. The number of thiazole rings is 1. The maximum atomic E-state index is 12.8. The largest absolute Gasteiger partial charge is 0.456 e. The Morgan fingerprint density at radius 1 is 1.07 bits per heavy atom. The Morgan fingerprint density at radius 2 is 1.71 bits per heavy atom. The molecule has 1 aromatic heterocycles. The third-order valence-electron chi connectivity index (χ3n) is 4.16. The Labute approximate surface area is 168 Å². The average molecular weight is 417 g/mol. The van der Waals surface area contributed by atoms with Crippen LogP contribution < -0.4 is 4.31 Å². The van der Waals surface area contributed by atoms with E-state index in [2.05, 4.69) is 4.98 Å². The molecule has 0 saturated carbocycles. The van der Waals surface area contributed by atoms with Crippen molar-refractivity contribution >= 4 is 33.0 Å². The topological polar surface area (TPSA) is 76.6 Å². The average Bonchev–Trinajstić information content (AvgIpc) is 3.11. The molecule has 0 aliphatic heterocycles. The molecule has 146 valence electrons. The Hall–Kier alpha value is -2.71. The van der Waals surface area contributed by atoms with Crippen molar-refractivity contribution in [3.63, 3.8) is 0 Å². The Morgan fingerprint density at radius 3 is 2.29 bits per heavy atom. The van der Waals surface area contributed by atoms with Gasteiger partial charge in [0.2, 0.25) is 0 Å². The van der Waals surface area contributed by atoms with Gasteiger partial charge in [-0.3, -0.25) is 4.31 Å². The molecule has 8 heteroatoms. The number of rotatable bonds is 6. The molecule has 6 nitrogen and oxygen atoms in total. The monoisotopic (exact) mass is 416 g/mol. The molecule has 3 rings (SSSR count). The van der Waals surface area contributed by atoms with E-state index < -0.39 is 16.0 Å². The first-order valence-electron chi connectivity index (χ1n) is 8.51. The summed E-state index contributed by atoms with van der Waals surface area (Å²) < 4.78 is 31.9. The van der Waals surface area contributed by atoms with Crippen molar-refractivity contribution in [3.8, 4) is 0 Å². The third kappa shape index (κ3) is 4.40. The second-order valence-electron chi connectivity index (χ2n) is 6.27. The normalized spacial score (nSPS) is 11.2. The van der Waals surface area contributed by atoms with Crippen LogP contribution in [-0.2, 0) is 21.4 Å².